The maximum absolute atomic E-state index is 12.3. The quantitative estimate of drug-likeness (QED) is 0.671. The summed E-state index contributed by atoms with van der Waals surface area (Å²) in [6, 6.07) is 4.36. The zero-order valence-electron chi connectivity index (χ0n) is 6.24. The van der Waals surface area contributed by atoms with Crippen molar-refractivity contribution in [2.24, 2.45) is 0 Å². The first-order valence-corrected chi connectivity index (χ1v) is 3.40. The van der Waals surface area contributed by atoms with Gasteiger partial charge in [0.1, 0.15) is 0 Å². The van der Waals surface area contributed by atoms with Crippen LogP contribution in [0.15, 0.2) is 18.3 Å². The minimum Gasteiger partial charge on any atom is -0.387 e. The molecule has 0 bridgehead atoms. The highest BCUT2D eigenvalue weighted by molar-refractivity contribution is 5.13. The smallest absolute Gasteiger partial charge is 0.212 e. The number of hydrogen-bond acceptors (Lipinski definition) is 3. The Bertz CT molecular complexity index is 291. The Morgan fingerprint density at radius 3 is 2.92 bits per heavy atom. The van der Waals surface area contributed by atoms with Gasteiger partial charge in [-0.05, 0) is 6.07 Å². The Kier molecular flexibility index (Phi) is 2.72. The lowest BCUT2D eigenvalue weighted by atomic mass is 10.1. The van der Waals surface area contributed by atoms with E-state index in [1.165, 1.54) is 12.3 Å². The van der Waals surface area contributed by atoms with Crippen LogP contribution >= 0.6 is 0 Å². The van der Waals surface area contributed by atoms with Crippen LogP contribution in [0.2, 0.25) is 0 Å². The van der Waals surface area contributed by atoms with Crippen molar-refractivity contribution in [1.29, 1.82) is 5.26 Å². The van der Waals surface area contributed by atoms with Gasteiger partial charge in [-0.3, -0.25) is 0 Å². The second-order valence-corrected chi connectivity index (χ2v) is 2.29. The van der Waals surface area contributed by atoms with E-state index in [1.807, 2.05) is 6.07 Å². The average molecular weight is 166 g/mol. The van der Waals surface area contributed by atoms with E-state index in [-0.39, 0.29) is 6.42 Å². The maximum atomic E-state index is 12.3. The third-order valence-electron chi connectivity index (χ3n) is 1.42. The molecule has 1 rings (SSSR count). The van der Waals surface area contributed by atoms with Crippen LogP contribution < -0.4 is 0 Å². The van der Waals surface area contributed by atoms with Gasteiger partial charge in [0, 0.05) is 11.8 Å². The van der Waals surface area contributed by atoms with Crippen LogP contribution in [0, 0.1) is 17.3 Å². The molecule has 1 unspecified atom stereocenters. The molecule has 0 radical (unpaired) electrons. The van der Waals surface area contributed by atoms with Crippen LogP contribution in [-0.2, 0) is 0 Å². The van der Waals surface area contributed by atoms with Gasteiger partial charge in [0.05, 0.1) is 18.6 Å². The van der Waals surface area contributed by atoms with Crippen molar-refractivity contribution in [3.8, 4) is 6.07 Å². The Morgan fingerprint density at radius 2 is 2.42 bits per heavy atom. The van der Waals surface area contributed by atoms with Crippen LogP contribution in [0.1, 0.15) is 18.1 Å². The molecule has 1 aromatic rings. The molecule has 12 heavy (non-hydrogen) atoms. The van der Waals surface area contributed by atoms with Gasteiger partial charge in [0.2, 0.25) is 5.95 Å². The zero-order chi connectivity index (χ0) is 8.97. The van der Waals surface area contributed by atoms with Gasteiger partial charge in [0.15, 0.2) is 0 Å². The predicted molar refractivity (Wildman–Crippen MR) is 39.4 cm³/mol. The van der Waals surface area contributed by atoms with Gasteiger partial charge in [0.25, 0.3) is 0 Å². The summed E-state index contributed by atoms with van der Waals surface area (Å²) in [5, 5.41) is 17.5. The summed E-state index contributed by atoms with van der Waals surface area (Å²) in [7, 11) is 0. The molecule has 0 aliphatic heterocycles. The molecule has 62 valence electrons. The highest BCUT2D eigenvalue weighted by Crippen LogP contribution is 2.14. The van der Waals surface area contributed by atoms with Crippen LogP contribution in [0.3, 0.4) is 0 Å². The van der Waals surface area contributed by atoms with Gasteiger partial charge in [-0.2, -0.15) is 9.65 Å². The summed E-state index contributed by atoms with van der Waals surface area (Å²) in [5.41, 5.74) is 0.456. The second kappa shape index (κ2) is 3.79. The SMILES string of the molecule is N#CCC(O)c1ccc(F)nc1. The van der Waals surface area contributed by atoms with Crippen LogP contribution in [0.25, 0.3) is 0 Å². The minimum atomic E-state index is -0.872. The summed E-state index contributed by atoms with van der Waals surface area (Å²) >= 11 is 0. The van der Waals surface area contributed by atoms with Crippen LogP contribution in [0.5, 0.6) is 0 Å². The largest absolute Gasteiger partial charge is 0.387 e. The third-order valence-corrected chi connectivity index (χ3v) is 1.42. The van der Waals surface area contributed by atoms with E-state index in [0.717, 1.165) is 6.07 Å². The van der Waals surface area contributed by atoms with E-state index in [4.69, 9.17) is 5.26 Å². The van der Waals surface area contributed by atoms with Crippen molar-refractivity contribution in [2.75, 3.05) is 0 Å². The van der Waals surface area contributed by atoms with E-state index >= 15 is 0 Å². The maximum Gasteiger partial charge on any atom is 0.212 e. The van der Waals surface area contributed by atoms with Gasteiger partial charge in [-0.25, -0.2) is 4.98 Å². The average Bonchev–Trinajstić information content (AvgIpc) is 2.06. The first-order valence-electron chi connectivity index (χ1n) is 3.40. The summed E-state index contributed by atoms with van der Waals surface area (Å²) in [6.45, 7) is 0. The highest BCUT2D eigenvalue weighted by Gasteiger charge is 2.06. The van der Waals surface area contributed by atoms with Crippen molar-refractivity contribution < 1.29 is 9.50 Å². The Labute approximate surface area is 69.1 Å². The Morgan fingerprint density at radius 1 is 1.67 bits per heavy atom. The number of pyridine rings is 1. The lowest BCUT2D eigenvalue weighted by Gasteiger charge is -2.04. The van der Waals surface area contributed by atoms with Crippen molar-refractivity contribution in [2.45, 2.75) is 12.5 Å². The van der Waals surface area contributed by atoms with E-state index in [9.17, 15) is 9.50 Å². The molecule has 1 atom stereocenters. The lowest BCUT2D eigenvalue weighted by molar-refractivity contribution is 0.183. The molecule has 3 nitrogen and oxygen atoms in total. The van der Waals surface area contributed by atoms with Crippen LogP contribution in [0.4, 0.5) is 4.39 Å². The number of aliphatic hydroxyl groups excluding tert-OH is 1. The van der Waals surface area contributed by atoms with E-state index < -0.39 is 12.1 Å². The van der Waals surface area contributed by atoms with E-state index in [0.29, 0.717) is 5.56 Å². The summed E-state index contributed by atoms with van der Waals surface area (Å²) in [6.07, 6.45) is 0.341. The Balaban J connectivity index is 2.76. The predicted octanol–water partition coefficient (Wildman–Crippen LogP) is 1.17. The van der Waals surface area contributed by atoms with Crippen molar-refractivity contribution in [3.05, 3.63) is 29.8 Å². The molecule has 0 aliphatic carbocycles. The fourth-order valence-corrected chi connectivity index (χ4v) is 0.789. The van der Waals surface area contributed by atoms with Gasteiger partial charge < -0.3 is 5.11 Å². The second-order valence-electron chi connectivity index (χ2n) is 2.29. The molecule has 0 aliphatic rings. The standard InChI is InChI=1S/C8H7FN2O/c9-8-2-1-6(5-11-8)7(12)3-4-10/h1-2,5,7,12H,3H2. The number of aliphatic hydroxyl groups is 1. The molecular weight excluding hydrogens is 159 g/mol. The van der Waals surface area contributed by atoms with Crippen molar-refractivity contribution in [3.63, 3.8) is 0 Å². The molecule has 0 fully saturated rings. The number of hydrogen-bond donors (Lipinski definition) is 1. The molecule has 4 heteroatoms. The molecule has 1 aromatic heterocycles. The molecule has 0 amide bonds. The Hall–Kier alpha value is -1.47. The first kappa shape index (κ1) is 8.62. The molecular formula is C8H7FN2O. The fraction of sp³-hybridized carbons (Fsp3) is 0.250. The highest BCUT2D eigenvalue weighted by atomic mass is 19.1. The lowest BCUT2D eigenvalue weighted by Crippen LogP contribution is -1.97. The van der Waals surface area contributed by atoms with E-state index in [2.05, 4.69) is 4.98 Å². The zero-order valence-corrected chi connectivity index (χ0v) is 6.24. The number of rotatable bonds is 2. The summed E-state index contributed by atoms with van der Waals surface area (Å²) in [4.78, 5) is 3.35. The molecule has 1 N–H and O–H groups in total. The molecule has 0 saturated carbocycles. The van der Waals surface area contributed by atoms with Gasteiger partial charge in [-0.15, -0.1) is 0 Å². The van der Waals surface area contributed by atoms with Crippen molar-refractivity contribution in [1.82, 2.24) is 4.98 Å². The minimum absolute atomic E-state index is 0.00663. The number of nitrogens with zero attached hydrogens (tertiary/aromatic N) is 2. The van der Waals surface area contributed by atoms with E-state index in [1.54, 1.807) is 0 Å². The monoisotopic (exact) mass is 166 g/mol. The fourth-order valence-electron chi connectivity index (χ4n) is 0.789. The summed E-state index contributed by atoms with van der Waals surface area (Å²) in [5.74, 6) is -0.595. The molecule has 0 aromatic carbocycles. The van der Waals surface area contributed by atoms with Crippen molar-refractivity contribution >= 4 is 0 Å². The number of nitriles is 1. The first-order chi connectivity index (χ1) is 5.74. The number of aromatic nitrogens is 1. The number of halogens is 1. The van der Waals surface area contributed by atoms with Crippen LogP contribution in [-0.4, -0.2) is 10.1 Å². The van der Waals surface area contributed by atoms with Gasteiger partial charge >= 0.3 is 0 Å². The van der Waals surface area contributed by atoms with Gasteiger partial charge in [-0.1, -0.05) is 6.07 Å². The topological polar surface area (TPSA) is 56.9 Å². The molecule has 0 saturated heterocycles. The molecule has 0 spiro atoms. The summed E-state index contributed by atoms with van der Waals surface area (Å²) < 4.78 is 12.3. The normalized spacial score (nSPS) is 12.1. The molecule has 1 heterocycles. The third kappa shape index (κ3) is 2.01.